The minimum absolute atomic E-state index is 0.221. The third kappa shape index (κ3) is 2.62. The van der Waals surface area contributed by atoms with Crippen molar-refractivity contribution in [1.29, 1.82) is 0 Å². The first-order valence-corrected chi connectivity index (χ1v) is 7.89. The van der Waals surface area contributed by atoms with Crippen molar-refractivity contribution >= 4 is 16.7 Å². The monoisotopic (exact) mass is 327 g/mol. The molecule has 3 aromatic rings. The van der Waals surface area contributed by atoms with Crippen molar-refractivity contribution in [2.45, 2.75) is 27.2 Å². The highest BCUT2D eigenvalue weighted by atomic mass is 16.5. The van der Waals surface area contributed by atoms with E-state index in [0.717, 1.165) is 12.0 Å². The van der Waals surface area contributed by atoms with Crippen LogP contribution in [0.1, 0.15) is 24.6 Å². The number of nitrogens with two attached hydrogens (primary N) is 1. The van der Waals surface area contributed by atoms with Crippen LogP contribution in [-0.2, 0) is 7.05 Å². The molecule has 0 aliphatic heterocycles. The summed E-state index contributed by atoms with van der Waals surface area (Å²) in [6, 6.07) is 3.66. The fourth-order valence-corrected chi connectivity index (χ4v) is 2.69. The molecule has 0 aliphatic carbocycles. The lowest BCUT2D eigenvalue weighted by atomic mass is 10.1. The van der Waals surface area contributed by atoms with Crippen molar-refractivity contribution in [1.82, 2.24) is 19.7 Å². The number of nitrogens with one attached hydrogen (secondary N) is 1. The Bertz CT molecular complexity index is 971. The molecule has 7 heteroatoms. The van der Waals surface area contributed by atoms with Gasteiger partial charge in [0.2, 0.25) is 0 Å². The fourth-order valence-electron chi connectivity index (χ4n) is 2.69. The lowest BCUT2D eigenvalue weighted by Crippen LogP contribution is -2.11. The number of aromatic nitrogens is 4. The van der Waals surface area contributed by atoms with Crippen LogP contribution in [0, 0.1) is 13.8 Å². The zero-order valence-corrected chi connectivity index (χ0v) is 14.3. The molecule has 7 nitrogen and oxygen atoms in total. The van der Waals surface area contributed by atoms with Gasteiger partial charge in [0.1, 0.15) is 17.0 Å². The van der Waals surface area contributed by atoms with E-state index in [1.165, 1.54) is 0 Å². The molecular formula is C17H21N5O2. The Balaban J connectivity index is 2.25. The molecule has 0 spiro atoms. The number of nitrogens with zero attached hydrogens (tertiary/aromatic N) is 3. The van der Waals surface area contributed by atoms with Crippen LogP contribution in [-0.4, -0.2) is 26.4 Å². The van der Waals surface area contributed by atoms with E-state index in [2.05, 4.69) is 15.1 Å². The van der Waals surface area contributed by atoms with E-state index in [9.17, 15) is 4.79 Å². The van der Waals surface area contributed by atoms with Crippen LogP contribution in [0.3, 0.4) is 0 Å². The van der Waals surface area contributed by atoms with E-state index in [1.54, 1.807) is 24.7 Å². The minimum Gasteiger partial charge on any atom is -0.493 e. The van der Waals surface area contributed by atoms with Gasteiger partial charge in [-0.05, 0) is 38.0 Å². The summed E-state index contributed by atoms with van der Waals surface area (Å²) in [5.74, 6) is 1.08. The summed E-state index contributed by atoms with van der Waals surface area (Å²) in [5.41, 5.74) is 9.23. The Kier molecular flexibility index (Phi) is 4.01. The maximum atomic E-state index is 12.5. The summed E-state index contributed by atoms with van der Waals surface area (Å²) in [5, 5.41) is 4.77. The van der Waals surface area contributed by atoms with Crippen molar-refractivity contribution in [2.24, 2.45) is 7.05 Å². The molecular weight excluding hydrogens is 306 g/mol. The number of ether oxygens (including phenoxy) is 1. The quantitative estimate of drug-likeness (QED) is 0.716. The molecule has 3 rings (SSSR count). The van der Waals surface area contributed by atoms with Crippen LogP contribution >= 0.6 is 0 Å². The number of H-pyrrole nitrogens is 1. The SMILES string of the molecule is CCCOc1cc(C)c(N)cc1-c1nc2c(c(C)nn2C)c(=O)[nH]1. The maximum Gasteiger partial charge on any atom is 0.262 e. The summed E-state index contributed by atoms with van der Waals surface area (Å²) in [7, 11) is 1.77. The Hall–Kier alpha value is -2.83. The molecule has 2 aromatic heterocycles. The lowest BCUT2D eigenvalue weighted by molar-refractivity contribution is 0.318. The minimum atomic E-state index is -0.221. The number of benzene rings is 1. The lowest BCUT2D eigenvalue weighted by Gasteiger charge is -2.13. The first-order chi connectivity index (χ1) is 11.4. The summed E-state index contributed by atoms with van der Waals surface area (Å²) in [6.45, 7) is 6.32. The molecule has 24 heavy (non-hydrogen) atoms. The van der Waals surface area contributed by atoms with Crippen LogP contribution in [0.5, 0.6) is 5.75 Å². The van der Waals surface area contributed by atoms with Gasteiger partial charge in [-0.1, -0.05) is 6.92 Å². The second-order valence-electron chi connectivity index (χ2n) is 5.88. The van der Waals surface area contributed by atoms with Crippen LogP contribution in [0.15, 0.2) is 16.9 Å². The Morgan fingerprint density at radius 2 is 2.08 bits per heavy atom. The molecule has 0 radical (unpaired) electrons. The molecule has 0 bridgehead atoms. The first kappa shape index (κ1) is 16.0. The molecule has 0 fully saturated rings. The Morgan fingerprint density at radius 3 is 2.79 bits per heavy atom. The number of anilines is 1. The van der Waals surface area contributed by atoms with E-state index in [-0.39, 0.29) is 5.56 Å². The summed E-state index contributed by atoms with van der Waals surface area (Å²) in [6.07, 6.45) is 0.882. The van der Waals surface area contributed by atoms with E-state index in [0.29, 0.717) is 46.2 Å². The molecule has 126 valence electrons. The van der Waals surface area contributed by atoms with Crippen LogP contribution in [0.25, 0.3) is 22.4 Å². The van der Waals surface area contributed by atoms with Gasteiger partial charge in [-0.2, -0.15) is 5.10 Å². The second-order valence-corrected chi connectivity index (χ2v) is 5.88. The van der Waals surface area contributed by atoms with Gasteiger partial charge in [0, 0.05) is 12.7 Å². The second kappa shape index (κ2) is 5.99. The molecule has 3 N–H and O–H groups in total. The van der Waals surface area contributed by atoms with E-state index < -0.39 is 0 Å². The molecule has 0 aliphatic rings. The highest BCUT2D eigenvalue weighted by Crippen LogP contribution is 2.32. The third-order valence-electron chi connectivity index (χ3n) is 3.95. The summed E-state index contributed by atoms with van der Waals surface area (Å²) in [4.78, 5) is 19.9. The van der Waals surface area contributed by atoms with Crippen molar-refractivity contribution < 1.29 is 4.74 Å². The average molecular weight is 327 g/mol. The van der Waals surface area contributed by atoms with E-state index in [4.69, 9.17) is 10.5 Å². The molecule has 0 amide bonds. The number of hydrogen-bond donors (Lipinski definition) is 2. The highest BCUT2D eigenvalue weighted by molar-refractivity contribution is 5.80. The van der Waals surface area contributed by atoms with Gasteiger partial charge in [0.05, 0.1) is 17.9 Å². The van der Waals surface area contributed by atoms with Crippen molar-refractivity contribution in [3.05, 3.63) is 33.7 Å². The number of nitrogen functional groups attached to an aromatic ring is 1. The van der Waals surface area contributed by atoms with Crippen LogP contribution in [0.2, 0.25) is 0 Å². The predicted molar refractivity (Wildman–Crippen MR) is 94.2 cm³/mol. The van der Waals surface area contributed by atoms with Gasteiger partial charge in [-0.3, -0.25) is 4.79 Å². The third-order valence-corrected chi connectivity index (χ3v) is 3.95. The van der Waals surface area contributed by atoms with Crippen molar-refractivity contribution in [3.63, 3.8) is 0 Å². The van der Waals surface area contributed by atoms with Crippen molar-refractivity contribution in [2.75, 3.05) is 12.3 Å². The maximum absolute atomic E-state index is 12.5. The molecule has 0 atom stereocenters. The zero-order chi connectivity index (χ0) is 17.4. The van der Waals surface area contributed by atoms with E-state index in [1.807, 2.05) is 19.9 Å². The Labute approximate surface area is 139 Å². The largest absolute Gasteiger partial charge is 0.493 e. The number of fused-ring (bicyclic) bond motifs is 1. The number of aryl methyl sites for hydroxylation is 3. The smallest absolute Gasteiger partial charge is 0.262 e. The average Bonchev–Trinajstić information content (AvgIpc) is 2.83. The predicted octanol–water partition coefficient (Wildman–Crippen LogP) is 2.31. The van der Waals surface area contributed by atoms with Gasteiger partial charge >= 0.3 is 0 Å². The molecule has 0 unspecified atom stereocenters. The fraction of sp³-hybridized carbons (Fsp3) is 0.353. The normalized spacial score (nSPS) is 11.2. The topological polar surface area (TPSA) is 98.8 Å². The van der Waals surface area contributed by atoms with Crippen LogP contribution in [0.4, 0.5) is 5.69 Å². The van der Waals surface area contributed by atoms with Gasteiger partial charge < -0.3 is 15.5 Å². The van der Waals surface area contributed by atoms with Crippen molar-refractivity contribution in [3.8, 4) is 17.1 Å². The number of aromatic amines is 1. The van der Waals surface area contributed by atoms with Crippen LogP contribution < -0.4 is 16.0 Å². The van der Waals surface area contributed by atoms with E-state index >= 15 is 0 Å². The number of rotatable bonds is 4. The van der Waals surface area contributed by atoms with Gasteiger partial charge in [-0.25, -0.2) is 9.67 Å². The highest BCUT2D eigenvalue weighted by Gasteiger charge is 2.16. The molecule has 1 aromatic carbocycles. The first-order valence-electron chi connectivity index (χ1n) is 7.89. The molecule has 0 saturated heterocycles. The van der Waals surface area contributed by atoms with Gasteiger partial charge in [0.25, 0.3) is 5.56 Å². The number of hydrogen-bond acceptors (Lipinski definition) is 5. The molecule has 2 heterocycles. The summed E-state index contributed by atoms with van der Waals surface area (Å²) >= 11 is 0. The zero-order valence-electron chi connectivity index (χ0n) is 14.3. The summed E-state index contributed by atoms with van der Waals surface area (Å²) < 4.78 is 7.43. The standard InChI is InChI=1S/C17H21N5O2/c1-5-6-24-13-7-9(2)12(18)8-11(13)15-19-16-14(17(23)20-15)10(3)21-22(16)4/h7-8H,5-6,18H2,1-4H3,(H,19,20,23). The van der Waals surface area contributed by atoms with Gasteiger partial charge in [-0.15, -0.1) is 0 Å². The molecule has 0 saturated carbocycles. The Morgan fingerprint density at radius 1 is 1.33 bits per heavy atom. The van der Waals surface area contributed by atoms with Gasteiger partial charge in [0.15, 0.2) is 5.65 Å².